The molecule has 6 nitrogen and oxygen atoms in total. The van der Waals surface area contributed by atoms with Gasteiger partial charge in [0.1, 0.15) is 5.75 Å². The zero-order valence-corrected chi connectivity index (χ0v) is 16.7. The Labute approximate surface area is 166 Å². The van der Waals surface area contributed by atoms with Crippen LogP contribution in [0.5, 0.6) is 5.75 Å². The predicted octanol–water partition coefficient (Wildman–Crippen LogP) is 3.17. The number of hydrogen-bond acceptors (Lipinski definition) is 5. The Bertz CT molecular complexity index is 936. The highest BCUT2D eigenvalue weighted by Crippen LogP contribution is 2.33. The predicted molar refractivity (Wildman–Crippen MR) is 111 cm³/mol. The van der Waals surface area contributed by atoms with Gasteiger partial charge in [-0.05, 0) is 45.0 Å². The van der Waals surface area contributed by atoms with Gasteiger partial charge in [0.2, 0.25) is 0 Å². The molecule has 0 aliphatic carbocycles. The first-order chi connectivity index (χ1) is 13.7. The Balaban J connectivity index is 1.52. The summed E-state index contributed by atoms with van der Waals surface area (Å²) in [7, 11) is 0. The molecule has 0 bridgehead atoms. The topological polar surface area (TPSA) is 69.2 Å². The molecule has 0 saturated carbocycles. The van der Waals surface area contributed by atoms with Crippen molar-refractivity contribution in [1.82, 2.24) is 19.7 Å². The lowest BCUT2D eigenvalue weighted by atomic mass is 10.0. The summed E-state index contributed by atoms with van der Waals surface area (Å²) < 4.78 is 7.95. The van der Waals surface area contributed by atoms with E-state index in [-0.39, 0.29) is 6.10 Å². The second-order valence-corrected chi connectivity index (χ2v) is 7.77. The molecule has 1 aliphatic heterocycles. The first kappa shape index (κ1) is 18.9. The molecular formula is C22H29N5O. The van der Waals surface area contributed by atoms with Gasteiger partial charge < -0.3 is 10.5 Å². The average Bonchev–Trinajstić information content (AvgIpc) is 3.28. The van der Waals surface area contributed by atoms with Gasteiger partial charge in [-0.1, -0.05) is 18.2 Å². The van der Waals surface area contributed by atoms with Gasteiger partial charge in [0.05, 0.1) is 18.3 Å². The van der Waals surface area contributed by atoms with Gasteiger partial charge in [0, 0.05) is 42.7 Å². The van der Waals surface area contributed by atoms with Gasteiger partial charge in [0.15, 0.2) is 5.65 Å². The minimum Gasteiger partial charge on any atom is -0.491 e. The third kappa shape index (κ3) is 3.88. The number of pyridine rings is 1. The highest BCUT2D eigenvalue weighted by atomic mass is 16.5. The van der Waals surface area contributed by atoms with Gasteiger partial charge in [-0.15, -0.1) is 0 Å². The van der Waals surface area contributed by atoms with Crippen LogP contribution in [-0.2, 0) is 13.1 Å². The zero-order valence-electron chi connectivity index (χ0n) is 16.7. The van der Waals surface area contributed by atoms with Gasteiger partial charge in [-0.3, -0.25) is 4.90 Å². The quantitative estimate of drug-likeness (QED) is 0.683. The minimum atomic E-state index is 0.179. The van der Waals surface area contributed by atoms with Crippen LogP contribution in [0.25, 0.3) is 11.0 Å². The molecule has 0 unspecified atom stereocenters. The first-order valence-electron chi connectivity index (χ1n) is 10.1. The van der Waals surface area contributed by atoms with E-state index < -0.39 is 0 Å². The third-order valence-corrected chi connectivity index (χ3v) is 5.26. The maximum atomic E-state index is 5.99. The van der Waals surface area contributed by atoms with E-state index in [0.717, 1.165) is 48.5 Å². The Morgan fingerprint density at radius 3 is 2.89 bits per heavy atom. The Kier molecular flexibility index (Phi) is 5.59. The second kappa shape index (κ2) is 8.29. The van der Waals surface area contributed by atoms with E-state index in [1.54, 1.807) is 0 Å². The van der Waals surface area contributed by atoms with Crippen molar-refractivity contribution < 1.29 is 4.74 Å². The van der Waals surface area contributed by atoms with Crippen molar-refractivity contribution in [3.63, 3.8) is 0 Å². The minimum absolute atomic E-state index is 0.179. The van der Waals surface area contributed by atoms with Crippen LogP contribution in [0, 0.1) is 0 Å². The number of para-hydroxylation sites is 1. The van der Waals surface area contributed by atoms with E-state index >= 15 is 0 Å². The molecule has 1 fully saturated rings. The van der Waals surface area contributed by atoms with E-state index in [9.17, 15) is 0 Å². The largest absolute Gasteiger partial charge is 0.491 e. The molecule has 1 aromatic carbocycles. The normalized spacial score (nSPS) is 17.6. The van der Waals surface area contributed by atoms with Crippen LogP contribution in [0.4, 0.5) is 0 Å². The average molecular weight is 380 g/mol. The number of ether oxygens (including phenoxy) is 1. The standard InChI is InChI=1S/C22H29N5O/c1-16(2)28-20-8-4-3-6-17(20)14-26-12-9-18(15-26)21-19-7-5-11-24-22(19)27(25-21)13-10-23/h3-8,11,16,18H,9-10,12-15,23H2,1-2H3/t18-/m0/s1. The zero-order chi connectivity index (χ0) is 19.5. The summed E-state index contributed by atoms with van der Waals surface area (Å²) >= 11 is 0. The molecule has 2 N–H and O–H groups in total. The lowest BCUT2D eigenvalue weighted by Crippen LogP contribution is -2.21. The number of fused-ring (bicyclic) bond motifs is 1. The molecule has 1 aliphatic rings. The van der Waals surface area contributed by atoms with Crippen LogP contribution in [0.15, 0.2) is 42.6 Å². The van der Waals surface area contributed by atoms with Crippen molar-refractivity contribution in [1.29, 1.82) is 0 Å². The van der Waals surface area contributed by atoms with Crippen LogP contribution in [0.1, 0.15) is 37.4 Å². The fraction of sp³-hybridized carbons (Fsp3) is 0.455. The van der Waals surface area contributed by atoms with Crippen LogP contribution < -0.4 is 10.5 Å². The van der Waals surface area contributed by atoms with E-state index in [1.807, 2.05) is 23.0 Å². The second-order valence-electron chi connectivity index (χ2n) is 7.77. The Morgan fingerprint density at radius 2 is 2.07 bits per heavy atom. The molecule has 28 heavy (non-hydrogen) atoms. The highest BCUT2D eigenvalue weighted by Gasteiger charge is 2.28. The molecule has 3 heterocycles. The third-order valence-electron chi connectivity index (χ3n) is 5.26. The fourth-order valence-electron chi connectivity index (χ4n) is 4.06. The molecule has 6 heteroatoms. The first-order valence-corrected chi connectivity index (χ1v) is 10.1. The van der Waals surface area contributed by atoms with Gasteiger partial charge >= 0.3 is 0 Å². The number of aromatic nitrogens is 3. The summed E-state index contributed by atoms with van der Waals surface area (Å²) in [5.74, 6) is 1.41. The molecule has 1 saturated heterocycles. The molecule has 3 aromatic rings. The summed E-state index contributed by atoms with van der Waals surface area (Å²) in [5.41, 5.74) is 9.11. The van der Waals surface area contributed by atoms with Crippen LogP contribution >= 0.6 is 0 Å². The van der Waals surface area contributed by atoms with Crippen molar-refractivity contribution in [3.05, 3.63) is 53.9 Å². The summed E-state index contributed by atoms with van der Waals surface area (Å²) in [6.07, 6.45) is 3.11. The molecule has 148 valence electrons. The fourth-order valence-corrected chi connectivity index (χ4v) is 4.06. The Morgan fingerprint density at radius 1 is 1.21 bits per heavy atom. The number of nitrogens with zero attached hydrogens (tertiary/aromatic N) is 4. The van der Waals surface area contributed by atoms with E-state index in [1.165, 1.54) is 5.56 Å². The van der Waals surface area contributed by atoms with Crippen molar-refractivity contribution in [2.24, 2.45) is 5.73 Å². The molecular weight excluding hydrogens is 350 g/mol. The van der Waals surface area contributed by atoms with Gasteiger partial charge in [0.25, 0.3) is 0 Å². The van der Waals surface area contributed by atoms with Crippen molar-refractivity contribution in [2.75, 3.05) is 19.6 Å². The molecule has 4 rings (SSSR count). The van der Waals surface area contributed by atoms with Gasteiger partial charge in [-0.25, -0.2) is 9.67 Å². The maximum Gasteiger partial charge on any atom is 0.158 e. The summed E-state index contributed by atoms with van der Waals surface area (Å²) in [4.78, 5) is 7.03. The number of hydrogen-bond donors (Lipinski definition) is 1. The molecule has 0 spiro atoms. The monoisotopic (exact) mass is 379 g/mol. The van der Waals surface area contributed by atoms with Crippen LogP contribution in [0.3, 0.4) is 0 Å². The van der Waals surface area contributed by atoms with Gasteiger partial charge in [-0.2, -0.15) is 5.10 Å². The van der Waals surface area contributed by atoms with Crippen molar-refractivity contribution in [3.8, 4) is 5.75 Å². The van der Waals surface area contributed by atoms with E-state index in [2.05, 4.69) is 48.0 Å². The molecule has 2 aromatic heterocycles. The van der Waals surface area contributed by atoms with Crippen LogP contribution in [0.2, 0.25) is 0 Å². The summed E-state index contributed by atoms with van der Waals surface area (Å²) in [6, 6.07) is 12.5. The number of likely N-dealkylation sites (tertiary alicyclic amines) is 1. The number of benzene rings is 1. The maximum absolute atomic E-state index is 5.99. The lowest BCUT2D eigenvalue weighted by Gasteiger charge is -2.19. The highest BCUT2D eigenvalue weighted by molar-refractivity contribution is 5.78. The molecule has 0 radical (unpaired) electrons. The summed E-state index contributed by atoms with van der Waals surface area (Å²) in [6.45, 7) is 8.37. The van der Waals surface area contributed by atoms with E-state index in [4.69, 9.17) is 15.6 Å². The molecule has 0 amide bonds. The van der Waals surface area contributed by atoms with Crippen molar-refractivity contribution >= 4 is 11.0 Å². The smallest absolute Gasteiger partial charge is 0.158 e. The van der Waals surface area contributed by atoms with Crippen molar-refractivity contribution in [2.45, 2.75) is 45.4 Å². The SMILES string of the molecule is CC(C)Oc1ccccc1CN1CC[C@H](c2nn(CCN)c3ncccc23)C1. The lowest BCUT2D eigenvalue weighted by molar-refractivity contribution is 0.234. The summed E-state index contributed by atoms with van der Waals surface area (Å²) in [5, 5.41) is 6.04. The van der Waals surface area contributed by atoms with E-state index in [0.29, 0.717) is 19.0 Å². The van der Waals surface area contributed by atoms with Crippen LogP contribution in [-0.4, -0.2) is 45.4 Å². The Hall–Kier alpha value is -2.44. The number of nitrogens with two attached hydrogens (primary N) is 1. The molecule has 1 atom stereocenters. The number of rotatable bonds is 7.